The standard InChI is InChI=1S/C24H25N3O3/c1-15-10-11-16(2)22(12-15)29-14-18-6-4-7-19(13-18)24(28)30-27-23(26)20-8-5-9-21(25)17(20)3/h4-13H,14,25H2,1-3H3,(H2,26,27). The molecule has 6 heteroatoms. The summed E-state index contributed by atoms with van der Waals surface area (Å²) >= 11 is 0. The van der Waals surface area contributed by atoms with Crippen LogP contribution in [0.3, 0.4) is 0 Å². The van der Waals surface area contributed by atoms with Crippen LogP contribution in [0.5, 0.6) is 5.75 Å². The first-order chi connectivity index (χ1) is 14.3. The Hall–Kier alpha value is -3.80. The molecule has 154 valence electrons. The molecule has 0 bridgehead atoms. The SMILES string of the molecule is Cc1ccc(C)c(OCc2cccc(C(=O)O/N=C(\N)c3cccc(N)c3C)c2)c1. The van der Waals surface area contributed by atoms with Gasteiger partial charge in [-0.1, -0.05) is 41.6 Å². The van der Waals surface area contributed by atoms with Crippen LogP contribution in [0.4, 0.5) is 5.69 Å². The molecule has 0 atom stereocenters. The average Bonchev–Trinajstić information content (AvgIpc) is 2.74. The van der Waals surface area contributed by atoms with Crippen LogP contribution in [0.15, 0.2) is 65.8 Å². The van der Waals surface area contributed by atoms with Crippen LogP contribution in [0.1, 0.15) is 38.2 Å². The normalized spacial score (nSPS) is 11.2. The monoisotopic (exact) mass is 403 g/mol. The number of carbonyl (C=O) groups excluding carboxylic acids is 1. The van der Waals surface area contributed by atoms with Gasteiger partial charge in [0.1, 0.15) is 12.4 Å². The van der Waals surface area contributed by atoms with E-state index in [4.69, 9.17) is 21.0 Å². The van der Waals surface area contributed by atoms with Crippen molar-refractivity contribution in [3.8, 4) is 5.75 Å². The number of rotatable bonds is 6. The molecule has 0 aliphatic carbocycles. The number of nitrogens with zero attached hydrogens (tertiary/aromatic N) is 1. The van der Waals surface area contributed by atoms with Crippen molar-refractivity contribution in [3.05, 3.63) is 94.0 Å². The fraction of sp³-hybridized carbons (Fsp3) is 0.167. The molecule has 0 radical (unpaired) electrons. The highest BCUT2D eigenvalue weighted by Crippen LogP contribution is 2.21. The summed E-state index contributed by atoms with van der Waals surface area (Å²) in [5, 5.41) is 3.78. The van der Waals surface area contributed by atoms with Crippen molar-refractivity contribution < 1.29 is 14.4 Å². The fourth-order valence-corrected chi connectivity index (χ4v) is 2.94. The molecule has 30 heavy (non-hydrogen) atoms. The number of nitrogen functional groups attached to an aromatic ring is 1. The molecule has 0 saturated carbocycles. The Kier molecular flexibility index (Phi) is 6.37. The van der Waals surface area contributed by atoms with Crippen LogP contribution in [0, 0.1) is 20.8 Å². The molecule has 0 aliphatic heterocycles. The van der Waals surface area contributed by atoms with Gasteiger partial charge in [-0.25, -0.2) is 4.79 Å². The summed E-state index contributed by atoms with van der Waals surface area (Å²) in [6.45, 7) is 6.17. The van der Waals surface area contributed by atoms with Crippen LogP contribution < -0.4 is 16.2 Å². The maximum atomic E-state index is 12.4. The topological polar surface area (TPSA) is 99.9 Å². The minimum Gasteiger partial charge on any atom is -0.489 e. The lowest BCUT2D eigenvalue weighted by atomic mass is 10.1. The summed E-state index contributed by atoms with van der Waals surface area (Å²) in [6.07, 6.45) is 0. The van der Waals surface area contributed by atoms with Crippen LogP contribution in [0.2, 0.25) is 0 Å². The number of anilines is 1. The van der Waals surface area contributed by atoms with E-state index in [1.54, 1.807) is 36.4 Å². The van der Waals surface area contributed by atoms with Crippen molar-refractivity contribution >= 4 is 17.5 Å². The van der Waals surface area contributed by atoms with Gasteiger partial charge in [0.25, 0.3) is 0 Å². The van der Waals surface area contributed by atoms with E-state index in [2.05, 4.69) is 5.16 Å². The molecular weight excluding hydrogens is 378 g/mol. The molecule has 4 N–H and O–H groups in total. The smallest absolute Gasteiger partial charge is 0.365 e. The van der Waals surface area contributed by atoms with Crippen LogP contribution in [-0.4, -0.2) is 11.8 Å². The molecule has 0 aromatic heterocycles. The fourth-order valence-electron chi connectivity index (χ4n) is 2.94. The quantitative estimate of drug-likeness (QED) is 0.211. The average molecular weight is 403 g/mol. The molecule has 3 rings (SSSR count). The lowest BCUT2D eigenvalue weighted by Crippen LogP contribution is -2.17. The van der Waals surface area contributed by atoms with Gasteiger partial charge in [-0.3, -0.25) is 0 Å². The van der Waals surface area contributed by atoms with E-state index in [0.717, 1.165) is 28.0 Å². The summed E-state index contributed by atoms with van der Waals surface area (Å²) in [7, 11) is 0. The molecule has 3 aromatic carbocycles. The number of nitrogens with two attached hydrogens (primary N) is 2. The summed E-state index contributed by atoms with van der Waals surface area (Å²) in [5.74, 6) is 0.300. The number of oxime groups is 1. The zero-order valence-corrected chi connectivity index (χ0v) is 17.3. The molecule has 0 saturated heterocycles. The van der Waals surface area contributed by atoms with E-state index >= 15 is 0 Å². The number of amidine groups is 1. The van der Waals surface area contributed by atoms with Gasteiger partial charge in [-0.05, 0) is 67.3 Å². The van der Waals surface area contributed by atoms with Gasteiger partial charge in [0.2, 0.25) is 0 Å². The number of aryl methyl sites for hydroxylation is 2. The van der Waals surface area contributed by atoms with E-state index in [9.17, 15) is 4.79 Å². The first-order valence-electron chi connectivity index (χ1n) is 9.54. The Morgan fingerprint density at radius 1 is 1.00 bits per heavy atom. The number of carbonyl (C=O) groups is 1. The number of ether oxygens (including phenoxy) is 1. The molecule has 0 aliphatic rings. The minimum absolute atomic E-state index is 0.0857. The zero-order valence-electron chi connectivity index (χ0n) is 17.3. The van der Waals surface area contributed by atoms with Gasteiger partial charge >= 0.3 is 5.97 Å². The Bertz CT molecular complexity index is 1110. The van der Waals surface area contributed by atoms with Crippen molar-refractivity contribution in [3.63, 3.8) is 0 Å². The van der Waals surface area contributed by atoms with Gasteiger partial charge in [0.05, 0.1) is 5.56 Å². The second-order valence-electron chi connectivity index (χ2n) is 7.13. The van der Waals surface area contributed by atoms with Gasteiger partial charge in [-0.15, -0.1) is 0 Å². The molecule has 3 aromatic rings. The number of hydrogen-bond acceptors (Lipinski definition) is 5. The Morgan fingerprint density at radius 2 is 1.77 bits per heavy atom. The third-order valence-corrected chi connectivity index (χ3v) is 4.78. The lowest BCUT2D eigenvalue weighted by molar-refractivity contribution is 0.0516. The highest BCUT2D eigenvalue weighted by atomic mass is 16.7. The van der Waals surface area contributed by atoms with Gasteiger partial charge in [0, 0.05) is 11.3 Å². The van der Waals surface area contributed by atoms with Crippen molar-refractivity contribution in [1.82, 2.24) is 0 Å². The van der Waals surface area contributed by atoms with Crippen molar-refractivity contribution in [2.45, 2.75) is 27.4 Å². The molecule has 0 spiro atoms. The third-order valence-electron chi connectivity index (χ3n) is 4.78. The number of benzene rings is 3. The maximum Gasteiger partial charge on any atom is 0.365 e. The lowest BCUT2D eigenvalue weighted by Gasteiger charge is -2.10. The van der Waals surface area contributed by atoms with Crippen molar-refractivity contribution in [1.29, 1.82) is 0 Å². The summed E-state index contributed by atoms with van der Waals surface area (Å²) < 4.78 is 5.91. The van der Waals surface area contributed by atoms with Crippen LogP contribution >= 0.6 is 0 Å². The van der Waals surface area contributed by atoms with Crippen LogP contribution in [0.25, 0.3) is 0 Å². The summed E-state index contributed by atoms with van der Waals surface area (Å²) in [4.78, 5) is 17.4. The zero-order chi connectivity index (χ0) is 21.7. The third kappa shape index (κ3) is 4.97. The van der Waals surface area contributed by atoms with Crippen LogP contribution in [-0.2, 0) is 11.4 Å². The second kappa shape index (κ2) is 9.13. The Morgan fingerprint density at radius 3 is 2.57 bits per heavy atom. The van der Waals surface area contributed by atoms with Gasteiger partial charge in [-0.2, -0.15) is 0 Å². The molecule has 0 heterocycles. The van der Waals surface area contributed by atoms with Crippen molar-refractivity contribution in [2.24, 2.45) is 10.9 Å². The van der Waals surface area contributed by atoms with Gasteiger partial charge in [0.15, 0.2) is 5.84 Å². The molecule has 0 amide bonds. The highest BCUT2D eigenvalue weighted by Gasteiger charge is 2.11. The van der Waals surface area contributed by atoms with E-state index in [1.807, 2.05) is 45.0 Å². The molecule has 6 nitrogen and oxygen atoms in total. The minimum atomic E-state index is -0.604. The molecule has 0 unspecified atom stereocenters. The summed E-state index contributed by atoms with van der Waals surface area (Å²) in [6, 6.07) is 18.4. The second-order valence-corrected chi connectivity index (χ2v) is 7.13. The highest BCUT2D eigenvalue weighted by molar-refractivity contribution is 6.00. The Balaban J connectivity index is 1.68. The first-order valence-corrected chi connectivity index (χ1v) is 9.54. The molecule has 0 fully saturated rings. The van der Waals surface area contributed by atoms with Gasteiger partial charge < -0.3 is 21.0 Å². The summed E-state index contributed by atoms with van der Waals surface area (Å²) in [5.41, 5.74) is 17.2. The maximum absolute atomic E-state index is 12.4. The largest absolute Gasteiger partial charge is 0.489 e. The number of hydrogen-bond donors (Lipinski definition) is 2. The predicted molar refractivity (Wildman–Crippen MR) is 118 cm³/mol. The van der Waals surface area contributed by atoms with E-state index < -0.39 is 5.97 Å². The Labute approximate surface area is 176 Å². The van der Waals surface area contributed by atoms with E-state index in [0.29, 0.717) is 23.4 Å². The molecular formula is C24H25N3O3. The van der Waals surface area contributed by atoms with Crippen molar-refractivity contribution in [2.75, 3.05) is 5.73 Å². The van der Waals surface area contributed by atoms with E-state index in [-0.39, 0.29) is 5.84 Å². The predicted octanol–water partition coefficient (Wildman–Crippen LogP) is 4.25. The first kappa shape index (κ1) is 20.9. The van der Waals surface area contributed by atoms with E-state index in [1.165, 1.54) is 0 Å².